The molecule has 4 rings (SSSR count). The standard InChI is InChI=1S/C21H24ClN3/c1-15-6-5-7-16(12-15)14-23-20-21(10-3-2-4-11-21)25-18-9-8-17(22)13-19(18)24-20/h5-9,12-13,25H,2-4,10-11,14H2,1H3,(H,23,24). The van der Waals surface area contributed by atoms with E-state index in [0.29, 0.717) is 6.54 Å². The molecular formula is C21H24ClN3. The number of aliphatic imine (C=N–C) groups is 1. The van der Waals surface area contributed by atoms with Crippen LogP contribution in [0.25, 0.3) is 0 Å². The maximum Gasteiger partial charge on any atom is 0.127 e. The van der Waals surface area contributed by atoms with Crippen molar-refractivity contribution in [3.05, 3.63) is 58.6 Å². The number of hydrogen-bond donors (Lipinski definition) is 2. The Morgan fingerprint density at radius 2 is 1.88 bits per heavy atom. The van der Waals surface area contributed by atoms with Crippen molar-refractivity contribution in [1.29, 1.82) is 0 Å². The Hall–Kier alpha value is -2.00. The molecule has 2 aromatic carbocycles. The number of anilines is 2. The molecule has 1 heterocycles. The summed E-state index contributed by atoms with van der Waals surface area (Å²) in [6, 6.07) is 14.6. The van der Waals surface area contributed by atoms with Gasteiger partial charge in [0.25, 0.3) is 0 Å². The first kappa shape index (κ1) is 16.5. The molecule has 1 saturated carbocycles. The number of benzene rings is 2. The first-order chi connectivity index (χ1) is 12.1. The molecule has 1 aliphatic carbocycles. The molecule has 1 spiro atoms. The number of nitrogens with zero attached hydrogens (tertiary/aromatic N) is 1. The topological polar surface area (TPSA) is 36.4 Å². The molecule has 25 heavy (non-hydrogen) atoms. The van der Waals surface area contributed by atoms with Gasteiger partial charge in [0.1, 0.15) is 5.84 Å². The second-order valence-corrected chi connectivity index (χ2v) is 7.67. The van der Waals surface area contributed by atoms with Crippen LogP contribution < -0.4 is 10.6 Å². The Bertz CT molecular complexity index is 807. The molecule has 1 aliphatic heterocycles. The average molecular weight is 354 g/mol. The van der Waals surface area contributed by atoms with Gasteiger partial charge in [-0.3, -0.25) is 4.99 Å². The van der Waals surface area contributed by atoms with Crippen molar-refractivity contribution < 1.29 is 0 Å². The molecular weight excluding hydrogens is 330 g/mol. The average Bonchev–Trinajstić information content (AvgIpc) is 2.61. The normalized spacial score (nSPS) is 20.0. The van der Waals surface area contributed by atoms with E-state index in [4.69, 9.17) is 16.6 Å². The highest BCUT2D eigenvalue weighted by Gasteiger charge is 2.40. The van der Waals surface area contributed by atoms with Gasteiger partial charge in [0.15, 0.2) is 0 Å². The zero-order valence-corrected chi connectivity index (χ0v) is 15.4. The summed E-state index contributed by atoms with van der Waals surface area (Å²) in [5, 5.41) is 8.11. The van der Waals surface area contributed by atoms with Crippen molar-refractivity contribution in [3.8, 4) is 0 Å². The number of nitrogens with one attached hydrogen (secondary N) is 2. The predicted octanol–water partition coefficient (Wildman–Crippen LogP) is 5.79. The largest absolute Gasteiger partial charge is 0.371 e. The van der Waals surface area contributed by atoms with Crippen LogP contribution in [0.5, 0.6) is 0 Å². The summed E-state index contributed by atoms with van der Waals surface area (Å²) in [6.45, 7) is 2.82. The first-order valence-electron chi connectivity index (χ1n) is 9.10. The minimum atomic E-state index is -0.0666. The van der Waals surface area contributed by atoms with Crippen LogP contribution in [-0.2, 0) is 6.54 Å². The lowest BCUT2D eigenvalue weighted by molar-refractivity contribution is 0.403. The van der Waals surface area contributed by atoms with Crippen LogP contribution in [0.2, 0.25) is 5.02 Å². The fourth-order valence-corrected chi connectivity index (χ4v) is 4.15. The quantitative estimate of drug-likeness (QED) is 0.717. The Balaban J connectivity index is 1.68. The SMILES string of the molecule is Cc1cccc(CN=C2Nc3cc(Cl)ccc3NC23CCCCC3)c1. The van der Waals surface area contributed by atoms with E-state index in [1.807, 2.05) is 12.1 Å². The van der Waals surface area contributed by atoms with Gasteiger partial charge in [-0.15, -0.1) is 0 Å². The molecule has 130 valence electrons. The van der Waals surface area contributed by atoms with E-state index < -0.39 is 0 Å². The summed E-state index contributed by atoms with van der Waals surface area (Å²) < 4.78 is 0. The summed E-state index contributed by atoms with van der Waals surface area (Å²) in [7, 11) is 0. The number of aryl methyl sites for hydroxylation is 1. The third kappa shape index (κ3) is 3.38. The third-order valence-electron chi connectivity index (χ3n) is 5.27. The van der Waals surface area contributed by atoms with Gasteiger partial charge >= 0.3 is 0 Å². The summed E-state index contributed by atoms with van der Waals surface area (Å²) in [5.41, 5.74) is 4.60. The van der Waals surface area contributed by atoms with E-state index in [2.05, 4.69) is 47.9 Å². The molecule has 0 radical (unpaired) electrons. The van der Waals surface area contributed by atoms with Crippen molar-refractivity contribution in [2.45, 2.75) is 51.1 Å². The summed E-state index contributed by atoms with van der Waals surface area (Å²) >= 11 is 6.18. The maximum absolute atomic E-state index is 6.18. The molecule has 0 bridgehead atoms. The van der Waals surface area contributed by atoms with Gasteiger partial charge in [-0.05, 0) is 43.5 Å². The van der Waals surface area contributed by atoms with Crippen LogP contribution in [0.1, 0.15) is 43.2 Å². The summed E-state index contributed by atoms with van der Waals surface area (Å²) in [6.07, 6.45) is 6.02. The fraction of sp³-hybridized carbons (Fsp3) is 0.381. The van der Waals surface area contributed by atoms with Gasteiger partial charge < -0.3 is 10.6 Å². The van der Waals surface area contributed by atoms with Gasteiger partial charge in [-0.25, -0.2) is 0 Å². The molecule has 0 unspecified atom stereocenters. The molecule has 0 amide bonds. The Morgan fingerprint density at radius 3 is 2.68 bits per heavy atom. The Labute approximate surface area is 154 Å². The number of fused-ring (bicyclic) bond motifs is 1. The van der Waals surface area contributed by atoms with Crippen molar-refractivity contribution in [1.82, 2.24) is 0 Å². The van der Waals surface area contributed by atoms with Crippen LogP contribution in [0, 0.1) is 6.92 Å². The van der Waals surface area contributed by atoms with Gasteiger partial charge in [0.2, 0.25) is 0 Å². The van der Waals surface area contributed by atoms with E-state index in [0.717, 1.165) is 35.1 Å². The van der Waals surface area contributed by atoms with Gasteiger partial charge in [-0.1, -0.05) is 60.7 Å². The Morgan fingerprint density at radius 1 is 1.04 bits per heavy atom. The fourth-order valence-electron chi connectivity index (χ4n) is 3.98. The molecule has 0 saturated heterocycles. The highest BCUT2D eigenvalue weighted by molar-refractivity contribution is 6.31. The molecule has 4 heteroatoms. The number of amidine groups is 1. The molecule has 0 aromatic heterocycles. The Kier molecular flexibility index (Phi) is 4.43. The second-order valence-electron chi connectivity index (χ2n) is 7.24. The van der Waals surface area contributed by atoms with Crippen molar-refractivity contribution in [2.24, 2.45) is 4.99 Å². The number of halogens is 1. The van der Waals surface area contributed by atoms with Crippen molar-refractivity contribution in [2.75, 3.05) is 10.6 Å². The van der Waals surface area contributed by atoms with Crippen LogP contribution in [0.15, 0.2) is 47.5 Å². The van der Waals surface area contributed by atoms with Crippen LogP contribution >= 0.6 is 11.6 Å². The van der Waals surface area contributed by atoms with E-state index in [1.54, 1.807) is 0 Å². The number of rotatable bonds is 2. The van der Waals surface area contributed by atoms with Crippen LogP contribution in [-0.4, -0.2) is 11.4 Å². The van der Waals surface area contributed by atoms with Crippen LogP contribution in [0.3, 0.4) is 0 Å². The molecule has 2 N–H and O–H groups in total. The van der Waals surface area contributed by atoms with E-state index >= 15 is 0 Å². The van der Waals surface area contributed by atoms with Gasteiger partial charge in [0.05, 0.1) is 23.5 Å². The van der Waals surface area contributed by atoms with E-state index in [9.17, 15) is 0 Å². The van der Waals surface area contributed by atoms with E-state index in [1.165, 1.54) is 30.4 Å². The van der Waals surface area contributed by atoms with Crippen molar-refractivity contribution in [3.63, 3.8) is 0 Å². The molecule has 2 aromatic rings. The molecule has 0 atom stereocenters. The summed E-state index contributed by atoms with van der Waals surface area (Å²) in [5.74, 6) is 1.06. The zero-order valence-electron chi connectivity index (χ0n) is 14.6. The highest BCUT2D eigenvalue weighted by Crippen LogP contribution is 2.40. The zero-order chi connectivity index (χ0) is 17.3. The molecule has 2 aliphatic rings. The van der Waals surface area contributed by atoms with E-state index in [-0.39, 0.29) is 5.54 Å². The molecule has 1 fully saturated rings. The van der Waals surface area contributed by atoms with Crippen LogP contribution in [0.4, 0.5) is 11.4 Å². The van der Waals surface area contributed by atoms with Gasteiger partial charge in [0, 0.05) is 5.02 Å². The second kappa shape index (κ2) is 6.72. The third-order valence-corrected chi connectivity index (χ3v) is 5.51. The lowest BCUT2D eigenvalue weighted by Gasteiger charge is -2.44. The first-order valence-corrected chi connectivity index (χ1v) is 9.48. The maximum atomic E-state index is 6.18. The smallest absolute Gasteiger partial charge is 0.127 e. The molecule has 3 nitrogen and oxygen atoms in total. The minimum Gasteiger partial charge on any atom is -0.371 e. The van der Waals surface area contributed by atoms with Gasteiger partial charge in [-0.2, -0.15) is 0 Å². The lowest BCUT2D eigenvalue weighted by atomic mass is 9.79. The highest BCUT2D eigenvalue weighted by atomic mass is 35.5. The lowest BCUT2D eigenvalue weighted by Crippen LogP contribution is -2.53. The number of hydrogen-bond acceptors (Lipinski definition) is 2. The summed E-state index contributed by atoms with van der Waals surface area (Å²) in [4.78, 5) is 5.00. The van der Waals surface area contributed by atoms with Crippen molar-refractivity contribution >= 4 is 28.8 Å². The predicted molar refractivity (Wildman–Crippen MR) is 107 cm³/mol. The minimum absolute atomic E-state index is 0.0666. The monoisotopic (exact) mass is 353 g/mol.